The van der Waals surface area contributed by atoms with Crippen LogP contribution in [0.2, 0.25) is 0 Å². The highest BCUT2D eigenvalue weighted by molar-refractivity contribution is 4.85. The summed E-state index contributed by atoms with van der Waals surface area (Å²) >= 11 is 0. The highest BCUT2D eigenvalue weighted by Gasteiger charge is 2.32. The fourth-order valence-corrected chi connectivity index (χ4v) is 1.21. The highest BCUT2D eigenvalue weighted by Crippen LogP contribution is 2.19. The molecule has 1 rings (SSSR count). The number of nitrogens with one attached hydrogen (secondary N) is 1. The lowest BCUT2D eigenvalue weighted by atomic mass is 9.96. The van der Waals surface area contributed by atoms with E-state index in [0.29, 0.717) is 18.1 Å². The molecule has 0 aromatic rings. The molecule has 0 bridgehead atoms. The van der Waals surface area contributed by atoms with E-state index in [0.717, 1.165) is 6.61 Å². The van der Waals surface area contributed by atoms with Gasteiger partial charge in [-0.2, -0.15) is 0 Å². The Morgan fingerprint density at radius 3 is 2.33 bits per heavy atom. The van der Waals surface area contributed by atoms with Crippen molar-refractivity contribution in [1.29, 1.82) is 0 Å². The van der Waals surface area contributed by atoms with Crippen LogP contribution >= 0.6 is 0 Å². The van der Waals surface area contributed by atoms with E-state index in [-0.39, 0.29) is 0 Å². The normalized spacial score (nSPS) is 34.7. The fourth-order valence-electron chi connectivity index (χ4n) is 1.21. The van der Waals surface area contributed by atoms with E-state index in [1.165, 1.54) is 0 Å². The summed E-state index contributed by atoms with van der Waals surface area (Å²) in [5, 5.41) is 3.21. The summed E-state index contributed by atoms with van der Waals surface area (Å²) in [6.07, 6.45) is 0.454. The molecular weight excluding hydrogens is 114 g/mol. The topological polar surface area (TPSA) is 21.3 Å². The standard InChI is InChI=1S/C7H15NO/c1-5(2)7-6(8-3)4-9-7/h5-8H,4H2,1-3H3. The molecule has 0 radical (unpaired) electrons. The number of hydrogen-bond donors (Lipinski definition) is 1. The van der Waals surface area contributed by atoms with Crippen LogP contribution in [0.15, 0.2) is 0 Å². The van der Waals surface area contributed by atoms with E-state index in [1.807, 2.05) is 7.05 Å². The third kappa shape index (κ3) is 1.25. The van der Waals surface area contributed by atoms with Crippen molar-refractivity contribution in [2.45, 2.75) is 26.0 Å². The van der Waals surface area contributed by atoms with Crippen LogP contribution in [-0.4, -0.2) is 25.8 Å². The van der Waals surface area contributed by atoms with Crippen LogP contribution in [0.5, 0.6) is 0 Å². The zero-order valence-corrected chi connectivity index (χ0v) is 6.35. The molecule has 0 aliphatic carbocycles. The number of likely N-dealkylation sites (N-methyl/N-ethyl adjacent to an activating group) is 1. The van der Waals surface area contributed by atoms with Crippen LogP contribution in [-0.2, 0) is 4.74 Å². The zero-order chi connectivity index (χ0) is 6.85. The number of hydrogen-bond acceptors (Lipinski definition) is 2. The van der Waals surface area contributed by atoms with E-state index in [9.17, 15) is 0 Å². The number of rotatable bonds is 2. The van der Waals surface area contributed by atoms with E-state index in [4.69, 9.17) is 4.74 Å². The SMILES string of the molecule is CNC1COC1C(C)C. The van der Waals surface area contributed by atoms with E-state index >= 15 is 0 Å². The Morgan fingerprint density at radius 2 is 2.22 bits per heavy atom. The van der Waals surface area contributed by atoms with Crippen LogP contribution in [0.3, 0.4) is 0 Å². The fraction of sp³-hybridized carbons (Fsp3) is 1.00. The van der Waals surface area contributed by atoms with Gasteiger partial charge in [-0.15, -0.1) is 0 Å². The van der Waals surface area contributed by atoms with Gasteiger partial charge in [0.25, 0.3) is 0 Å². The van der Waals surface area contributed by atoms with Gasteiger partial charge in [-0.3, -0.25) is 0 Å². The van der Waals surface area contributed by atoms with E-state index in [1.54, 1.807) is 0 Å². The first-order chi connectivity index (χ1) is 4.25. The molecule has 1 heterocycles. The molecular formula is C7H15NO. The van der Waals surface area contributed by atoms with Crippen molar-refractivity contribution in [3.63, 3.8) is 0 Å². The highest BCUT2D eigenvalue weighted by atomic mass is 16.5. The number of ether oxygens (including phenoxy) is 1. The lowest BCUT2D eigenvalue weighted by molar-refractivity contribution is -0.108. The van der Waals surface area contributed by atoms with Crippen LogP contribution in [0.25, 0.3) is 0 Å². The second kappa shape index (κ2) is 2.67. The van der Waals surface area contributed by atoms with Gasteiger partial charge in [-0.1, -0.05) is 13.8 Å². The molecule has 2 atom stereocenters. The summed E-state index contributed by atoms with van der Waals surface area (Å²) in [6, 6.07) is 0.602. The Balaban J connectivity index is 2.27. The quantitative estimate of drug-likeness (QED) is 0.590. The zero-order valence-electron chi connectivity index (χ0n) is 6.35. The van der Waals surface area contributed by atoms with Crippen molar-refractivity contribution in [2.75, 3.05) is 13.7 Å². The molecule has 0 amide bonds. The maximum atomic E-state index is 5.33. The van der Waals surface area contributed by atoms with Crippen molar-refractivity contribution in [1.82, 2.24) is 5.32 Å². The lowest BCUT2D eigenvalue weighted by Gasteiger charge is -2.39. The van der Waals surface area contributed by atoms with Gasteiger partial charge >= 0.3 is 0 Å². The minimum atomic E-state index is 0.454. The molecule has 1 N–H and O–H groups in total. The van der Waals surface area contributed by atoms with Crippen LogP contribution in [0.1, 0.15) is 13.8 Å². The Morgan fingerprint density at radius 1 is 1.56 bits per heavy atom. The molecule has 0 aromatic carbocycles. The van der Waals surface area contributed by atoms with Gasteiger partial charge in [0.15, 0.2) is 0 Å². The Hall–Kier alpha value is -0.0800. The Kier molecular flexibility index (Phi) is 2.09. The van der Waals surface area contributed by atoms with Crippen molar-refractivity contribution in [2.24, 2.45) is 5.92 Å². The van der Waals surface area contributed by atoms with E-state index in [2.05, 4.69) is 19.2 Å². The average Bonchev–Trinajstić information content (AvgIpc) is 1.61. The maximum absolute atomic E-state index is 5.33. The molecule has 0 spiro atoms. The van der Waals surface area contributed by atoms with Gasteiger partial charge in [0.1, 0.15) is 0 Å². The van der Waals surface area contributed by atoms with Crippen molar-refractivity contribution < 1.29 is 4.74 Å². The van der Waals surface area contributed by atoms with Gasteiger partial charge in [-0.05, 0) is 13.0 Å². The summed E-state index contributed by atoms with van der Waals surface area (Å²) < 4.78 is 5.33. The molecule has 2 nitrogen and oxygen atoms in total. The average molecular weight is 129 g/mol. The molecule has 1 aliphatic heterocycles. The van der Waals surface area contributed by atoms with E-state index < -0.39 is 0 Å². The van der Waals surface area contributed by atoms with Crippen molar-refractivity contribution in [3.8, 4) is 0 Å². The summed E-state index contributed by atoms with van der Waals surface area (Å²) in [5.41, 5.74) is 0. The third-order valence-electron chi connectivity index (χ3n) is 1.89. The molecule has 0 saturated carbocycles. The Labute approximate surface area is 56.6 Å². The minimum absolute atomic E-state index is 0.454. The first-order valence-corrected chi connectivity index (χ1v) is 3.54. The molecule has 1 fully saturated rings. The molecule has 9 heavy (non-hydrogen) atoms. The molecule has 2 heteroatoms. The summed E-state index contributed by atoms with van der Waals surface area (Å²) in [4.78, 5) is 0. The molecule has 0 aromatic heterocycles. The molecule has 54 valence electrons. The predicted molar refractivity (Wildman–Crippen MR) is 37.4 cm³/mol. The lowest BCUT2D eigenvalue weighted by Crippen LogP contribution is -2.55. The summed E-state index contributed by atoms with van der Waals surface area (Å²) in [5.74, 6) is 0.649. The van der Waals surface area contributed by atoms with Gasteiger partial charge in [0.2, 0.25) is 0 Å². The predicted octanol–water partition coefficient (Wildman–Crippen LogP) is 0.629. The molecule has 2 unspecified atom stereocenters. The van der Waals surface area contributed by atoms with Crippen molar-refractivity contribution >= 4 is 0 Å². The van der Waals surface area contributed by atoms with Gasteiger partial charge in [0.05, 0.1) is 18.8 Å². The second-order valence-electron chi connectivity index (χ2n) is 2.94. The summed E-state index contributed by atoms with van der Waals surface area (Å²) in [6.45, 7) is 5.27. The Bertz CT molecular complexity index is 90.9. The van der Waals surface area contributed by atoms with Gasteiger partial charge < -0.3 is 10.1 Å². The van der Waals surface area contributed by atoms with Gasteiger partial charge in [0, 0.05) is 0 Å². The van der Waals surface area contributed by atoms with Crippen LogP contribution in [0.4, 0.5) is 0 Å². The molecule has 1 aliphatic rings. The smallest absolute Gasteiger partial charge is 0.0774 e. The molecule has 1 saturated heterocycles. The monoisotopic (exact) mass is 129 g/mol. The van der Waals surface area contributed by atoms with Crippen LogP contribution in [0, 0.1) is 5.92 Å². The second-order valence-corrected chi connectivity index (χ2v) is 2.94. The first-order valence-electron chi connectivity index (χ1n) is 3.54. The minimum Gasteiger partial charge on any atom is -0.375 e. The maximum Gasteiger partial charge on any atom is 0.0774 e. The third-order valence-corrected chi connectivity index (χ3v) is 1.89. The first kappa shape index (κ1) is 7.03. The van der Waals surface area contributed by atoms with Crippen LogP contribution < -0.4 is 5.32 Å². The largest absolute Gasteiger partial charge is 0.375 e. The van der Waals surface area contributed by atoms with Gasteiger partial charge in [-0.25, -0.2) is 0 Å². The summed E-state index contributed by atoms with van der Waals surface area (Å²) in [7, 11) is 1.99. The van der Waals surface area contributed by atoms with Crippen molar-refractivity contribution in [3.05, 3.63) is 0 Å².